The van der Waals surface area contributed by atoms with Crippen molar-refractivity contribution in [3.05, 3.63) is 47.4 Å². The van der Waals surface area contributed by atoms with Gasteiger partial charge in [0.05, 0.1) is 11.9 Å². The number of hydrogen-bond acceptors (Lipinski definition) is 4. The molecule has 94 valence electrons. The molecule has 0 saturated heterocycles. The van der Waals surface area contributed by atoms with Crippen molar-refractivity contribution in [1.29, 1.82) is 0 Å². The first-order chi connectivity index (χ1) is 8.70. The first-order valence-electron chi connectivity index (χ1n) is 5.77. The Hall–Kier alpha value is -1.81. The maximum atomic E-state index is 5.89. The normalized spacial score (nSPS) is 10.3. The van der Waals surface area contributed by atoms with Crippen LogP contribution in [0.1, 0.15) is 12.5 Å². The number of benzene rings is 1. The highest BCUT2D eigenvalue weighted by atomic mass is 35.5. The maximum Gasteiger partial charge on any atom is 0.224 e. The molecule has 2 rings (SSSR count). The summed E-state index contributed by atoms with van der Waals surface area (Å²) in [6, 6.07) is 10.2. The smallest absolute Gasteiger partial charge is 0.224 e. The molecular weight excluding hydrogens is 248 g/mol. The zero-order valence-corrected chi connectivity index (χ0v) is 10.9. The lowest BCUT2D eigenvalue weighted by Gasteiger charge is -2.23. The van der Waals surface area contributed by atoms with E-state index in [4.69, 9.17) is 17.3 Å². The fourth-order valence-corrected chi connectivity index (χ4v) is 1.88. The van der Waals surface area contributed by atoms with E-state index in [1.165, 1.54) is 5.56 Å². The molecule has 0 radical (unpaired) electrons. The fourth-order valence-electron chi connectivity index (χ4n) is 1.75. The maximum absolute atomic E-state index is 5.89. The van der Waals surface area contributed by atoms with E-state index >= 15 is 0 Å². The molecule has 1 aromatic carbocycles. The molecule has 2 N–H and O–H groups in total. The van der Waals surface area contributed by atoms with Crippen molar-refractivity contribution in [3.63, 3.8) is 0 Å². The zero-order valence-electron chi connectivity index (χ0n) is 10.2. The number of nitrogens with zero attached hydrogens (tertiary/aromatic N) is 3. The van der Waals surface area contributed by atoms with E-state index in [1.807, 2.05) is 18.2 Å². The van der Waals surface area contributed by atoms with Crippen LogP contribution in [-0.2, 0) is 6.54 Å². The highest BCUT2D eigenvalue weighted by molar-refractivity contribution is 6.28. The van der Waals surface area contributed by atoms with Crippen LogP contribution in [0, 0.1) is 0 Å². The lowest BCUT2D eigenvalue weighted by atomic mass is 10.2. The molecule has 4 nitrogen and oxygen atoms in total. The Morgan fingerprint density at radius 2 is 2.00 bits per heavy atom. The van der Waals surface area contributed by atoms with Crippen LogP contribution in [0.15, 0.2) is 36.5 Å². The lowest BCUT2D eigenvalue weighted by Crippen LogP contribution is -2.24. The number of rotatable bonds is 4. The Bertz CT molecular complexity index is 516. The Morgan fingerprint density at radius 1 is 1.28 bits per heavy atom. The minimum Gasteiger partial charge on any atom is -0.394 e. The van der Waals surface area contributed by atoms with Crippen LogP contribution in [0.25, 0.3) is 0 Å². The van der Waals surface area contributed by atoms with Gasteiger partial charge in [-0.1, -0.05) is 30.3 Å². The van der Waals surface area contributed by atoms with Gasteiger partial charge in [0.15, 0.2) is 5.82 Å². The van der Waals surface area contributed by atoms with Crippen LogP contribution in [0.2, 0.25) is 5.28 Å². The second-order valence-corrected chi connectivity index (χ2v) is 4.26. The molecule has 1 heterocycles. The third-order valence-electron chi connectivity index (χ3n) is 2.66. The molecule has 0 unspecified atom stereocenters. The van der Waals surface area contributed by atoms with Gasteiger partial charge in [0.2, 0.25) is 5.28 Å². The predicted molar refractivity (Wildman–Crippen MR) is 74.6 cm³/mol. The molecule has 0 saturated carbocycles. The average Bonchev–Trinajstić information content (AvgIpc) is 2.40. The summed E-state index contributed by atoms with van der Waals surface area (Å²) in [5, 5.41) is 0.214. The lowest BCUT2D eigenvalue weighted by molar-refractivity contribution is 0.812. The van der Waals surface area contributed by atoms with Gasteiger partial charge in [0, 0.05) is 13.1 Å². The highest BCUT2D eigenvalue weighted by Crippen LogP contribution is 2.22. The summed E-state index contributed by atoms with van der Waals surface area (Å²) < 4.78 is 0. The molecule has 5 heteroatoms. The summed E-state index contributed by atoms with van der Waals surface area (Å²) >= 11 is 5.82. The number of hydrogen-bond donors (Lipinski definition) is 1. The standard InChI is InChI=1S/C13H15ClN4/c1-2-18(9-10-6-4-3-5-7-10)12-11(15)8-16-13(14)17-12/h3-8H,2,9,15H2,1H3. The van der Waals surface area contributed by atoms with Crippen molar-refractivity contribution in [2.24, 2.45) is 0 Å². The van der Waals surface area contributed by atoms with Crippen LogP contribution >= 0.6 is 11.6 Å². The summed E-state index contributed by atoms with van der Waals surface area (Å²) in [7, 11) is 0. The van der Waals surface area contributed by atoms with Gasteiger partial charge in [-0.15, -0.1) is 0 Å². The topological polar surface area (TPSA) is 55.0 Å². The van der Waals surface area contributed by atoms with E-state index in [-0.39, 0.29) is 5.28 Å². The van der Waals surface area contributed by atoms with Gasteiger partial charge in [-0.3, -0.25) is 0 Å². The van der Waals surface area contributed by atoms with Gasteiger partial charge in [-0.25, -0.2) is 4.98 Å². The summed E-state index contributed by atoms with van der Waals surface area (Å²) in [6.07, 6.45) is 1.54. The molecule has 18 heavy (non-hydrogen) atoms. The molecule has 0 fully saturated rings. The van der Waals surface area contributed by atoms with Gasteiger partial charge in [0.1, 0.15) is 0 Å². The van der Waals surface area contributed by atoms with Crippen LogP contribution in [0.3, 0.4) is 0 Å². The molecule has 0 aliphatic rings. The van der Waals surface area contributed by atoms with Crippen LogP contribution < -0.4 is 10.6 Å². The monoisotopic (exact) mass is 262 g/mol. The van der Waals surface area contributed by atoms with E-state index in [9.17, 15) is 0 Å². The summed E-state index contributed by atoms with van der Waals surface area (Å²) in [5.41, 5.74) is 7.64. The van der Waals surface area contributed by atoms with Crippen molar-refractivity contribution >= 4 is 23.1 Å². The molecule has 2 aromatic rings. The Labute approximate surface area is 111 Å². The third kappa shape index (κ3) is 2.90. The predicted octanol–water partition coefficient (Wildman–Crippen LogP) is 2.74. The first kappa shape index (κ1) is 12.6. The van der Waals surface area contributed by atoms with Crippen molar-refractivity contribution in [2.75, 3.05) is 17.2 Å². The van der Waals surface area contributed by atoms with Gasteiger partial charge in [-0.2, -0.15) is 4.98 Å². The van der Waals surface area contributed by atoms with Crippen molar-refractivity contribution in [1.82, 2.24) is 9.97 Å². The second-order valence-electron chi connectivity index (χ2n) is 3.92. The molecule has 1 aromatic heterocycles. The van der Waals surface area contributed by atoms with Crippen LogP contribution in [0.4, 0.5) is 11.5 Å². The van der Waals surface area contributed by atoms with Gasteiger partial charge in [0.25, 0.3) is 0 Å². The first-order valence-corrected chi connectivity index (χ1v) is 6.15. The van der Waals surface area contributed by atoms with Crippen LogP contribution in [0.5, 0.6) is 0 Å². The van der Waals surface area contributed by atoms with E-state index in [0.29, 0.717) is 11.5 Å². The minimum atomic E-state index is 0.214. The molecule has 0 aliphatic carbocycles. The van der Waals surface area contributed by atoms with Crippen LogP contribution in [-0.4, -0.2) is 16.5 Å². The SMILES string of the molecule is CCN(Cc1ccccc1)c1nc(Cl)ncc1N. The molecule has 0 spiro atoms. The van der Waals surface area contributed by atoms with E-state index < -0.39 is 0 Å². The number of nitrogens with two attached hydrogens (primary N) is 1. The summed E-state index contributed by atoms with van der Waals surface area (Å²) in [4.78, 5) is 10.1. The number of halogens is 1. The fraction of sp³-hybridized carbons (Fsp3) is 0.231. The quantitative estimate of drug-likeness (QED) is 0.861. The average molecular weight is 263 g/mol. The van der Waals surface area contributed by atoms with E-state index in [0.717, 1.165) is 13.1 Å². The number of nitrogen functional groups attached to an aromatic ring is 1. The zero-order chi connectivity index (χ0) is 13.0. The second kappa shape index (κ2) is 5.69. The Morgan fingerprint density at radius 3 is 2.67 bits per heavy atom. The Kier molecular flexibility index (Phi) is 3.99. The Balaban J connectivity index is 2.26. The van der Waals surface area contributed by atoms with Crippen molar-refractivity contribution < 1.29 is 0 Å². The number of anilines is 2. The molecule has 0 atom stereocenters. The van der Waals surface area contributed by atoms with Gasteiger partial charge < -0.3 is 10.6 Å². The molecular formula is C13H15ClN4. The highest BCUT2D eigenvalue weighted by Gasteiger charge is 2.11. The third-order valence-corrected chi connectivity index (χ3v) is 2.85. The molecule has 0 amide bonds. The summed E-state index contributed by atoms with van der Waals surface area (Å²) in [5.74, 6) is 0.682. The van der Waals surface area contributed by atoms with Crippen molar-refractivity contribution in [2.45, 2.75) is 13.5 Å². The molecule has 0 aliphatic heterocycles. The van der Waals surface area contributed by atoms with Crippen molar-refractivity contribution in [3.8, 4) is 0 Å². The summed E-state index contributed by atoms with van der Waals surface area (Å²) in [6.45, 7) is 3.60. The van der Waals surface area contributed by atoms with Gasteiger partial charge >= 0.3 is 0 Å². The largest absolute Gasteiger partial charge is 0.394 e. The number of aromatic nitrogens is 2. The van der Waals surface area contributed by atoms with E-state index in [1.54, 1.807) is 6.20 Å². The molecule has 0 bridgehead atoms. The minimum absolute atomic E-state index is 0.214. The van der Waals surface area contributed by atoms with E-state index in [2.05, 4.69) is 33.9 Å². The van der Waals surface area contributed by atoms with Gasteiger partial charge in [-0.05, 0) is 24.1 Å².